The first-order chi connectivity index (χ1) is 9.54. The van der Waals surface area contributed by atoms with Gasteiger partial charge in [0.2, 0.25) is 5.91 Å². The maximum absolute atomic E-state index is 11.7. The Balaban J connectivity index is 1.91. The SMILES string of the molecule is Cc1nnc(SCC(=O)Nc2cccc(C(=O)[O-])c2)s1. The topological polar surface area (TPSA) is 95.0 Å². The molecule has 0 spiro atoms. The zero-order chi connectivity index (χ0) is 14.5. The Bertz CT molecular complexity index is 642. The highest BCUT2D eigenvalue weighted by molar-refractivity contribution is 8.01. The third-order valence-electron chi connectivity index (χ3n) is 2.22. The quantitative estimate of drug-likeness (QED) is 0.826. The zero-order valence-corrected chi connectivity index (χ0v) is 12.1. The predicted molar refractivity (Wildman–Crippen MR) is 74.8 cm³/mol. The number of rotatable bonds is 5. The van der Waals surface area contributed by atoms with Gasteiger partial charge in [-0.25, -0.2) is 0 Å². The molecule has 2 aromatic rings. The molecule has 0 radical (unpaired) electrons. The van der Waals surface area contributed by atoms with Crippen molar-refractivity contribution in [2.24, 2.45) is 0 Å². The lowest BCUT2D eigenvalue weighted by atomic mass is 10.2. The van der Waals surface area contributed by atoms with E-state index in [4.69, 9.17) is 0 Å². The van der Waals surface area contributed by atoms with E-state index in [0.717, 1.165) is 9.35 Å². The largest absolute Gasteiger partial charge is 0.545 e. The van der Waals surface area contributed by atoms with Gasteiger partial charge in [-0.1, -0.05) is 35.2 Å². The van der Waals surface area contributed by atoms with Crippen LogP contribution >= 0.6 is 23.1 Å². The molecule has 1 aromatic carbocycles. The van der Waals surface area contributed by atoms with E-state index in [0.29, 0.717) is 5.69 Å². The third-order valence-corrected chi connectivity index (χ3v) is 4.19. The Kier molecular flexibility index (Phi) is 4.70. The number of nitrogens with zero attached hydrogens (tertiary/aromatic N) is 2. The van der Waals surface area contributed by atoms with E-state index in [1.165, 1.54) is 35.2 Å². The average molecular weight is 308 g/mol. The van der Waals surface area contributed by atoms with Crippen LogP contribution in [0.15, 0.2) is 28.6 Å². The smallest absolute Gasteiger partial charge is 0.234 e. The second-order valence-electron chi connectivity index (χ2n) is 3.79. The van der Waals surface area contributed by atoms with Crippen molar-refractivity contribution in [1.82, 2.24) is 10.2 Å². The summed E-state index contributed by atoms with van der Waals surface area (Å²) in [5.41, 5.74) is 0.445. The first kappa shape index (κ1) is 14.5. The third kappa shape index (κ3) is 4.04. The highest BCUT2D eigenvalue weighted by atomic mass is 32.2. The monoisotopic (exact) mass is 308 g/mol. The minimum atomic E-state index is -1.28. The van der Waals surface area contributed by atoms with Gasteiger partial charge >= 0.3 is 0 Å². The van der Waals surface area contributed by atoms with E-state index in [1.807, 2.05) is 6.92 Å². The molecular weight excluding hydrogens is 298 g/mol. The molecular formula is C12H10N3O3S2-. The summed E-state index contributed by atoms with van der Waals surface area (Å²) in [4.78, 5) is 22.4. The van der Waals surface area contributed by atoms with Crippen molar-refractivity contribution in [3.8, 4) is 0 Å². The molecule has 0 aliphatic carbocycles. The number of aromatic nitrogens is 2. The Morgan fingerprint density at radius 2 is 2.20 bits per heavy atom. The average Bonchev–Trinajstić information content (AvgIpc) is 2.82. The zero-order valence-electron chi connectivity index (χ0n) is 10.5. The van der Waals surface area contributed by atoms with E-state index >= 15 is 0 Å². The minimum absolute atomic E-state index is 0.0233. The van der Waals surface area contributed by atoms with Gasteiger partial charge in [0, 0.05) is 5.69 Å². The Morgan fingerprint density at radius 3 is 2.85 bits per heavy atom. The predicted octanol–water partition coefficient (Wildman–Crippen LogP) is 0.941. The molecule has 0 bridgehead atoms. The number of aryl methyl sites for hydroxylation is 1. The number of carboxylic acids is 1. The fourth-order valence-corrected chi connectivity index (χ4v) is 3.00. The summed E-state index contributed by atoms with van der Waals surface area (Å²) in [6, 6.07) is 5.92. The number of hydrogen-bond donors (Lipinski definition) is 1. The normalized spacial score (nSPS) is 10.2. The van der Waals surface area contributed by atoms with Crippen molar-refractivity contribution in [3.05, 3.63) is 34.8 Å². The number of carboxylic acid groups (broad SMARTS) is 1. The number of thioether (sulfide) groups is 1. The van der Waals surface area contributed by atoms with Crippen molar-refractivity contribution >= 4 is 40.7 Å². The summed E-state index contributed by atoms with van der Waals surface area (Å²) in [5, 5.41) is 21.9. The summed E-state index contributed by atoms with van der Waals surface area (Å²) in [6.45, 7) is 1.84. The second-order valence-corrected chi connectivity index (χ2v) is 6.20. The van der Waals surface area contributed by atoms with Crippen LogP contribution in [0.1, 0.15) is 15.4 Å². The Morgan fingerprint density at radius 1 is 1.40 bits per heavy atom. The van der Waals surface area contributed by atoms with Crippen LogP contribution in [0.3, 0.4) is 0 Å². The molecule has 0 saturated heterocycles. The molecule has 1 amide bonds. The van der Waals surface area contributed by atoms with Crippen LogP contribution in [0.25, 0.3) is 0 Å². The molecule has 6 nitrogen and oxygen atoms in total. The maximum Gasteiger partial charge on any atom is 0.234 e. The first-order valence-electron chi connectivity index (χ1n) is 5.59. The van der Waals surface area contributed by atoms with Gasteiger partial charge < -0.3 is 15.2 Å². The number of amides is 1. The fraction of sp³-hybridized carbons (Fsp3) is 0.167. The fourth-order valence-electron chi connectivity index (χ4n) is 1.39. The van der Waals surface area contributed by atoms with Gasteiger partial charge in [-0.2, -0.15) is 0 Å². The van der Waals surface area contributed by atoms with Crippen LogP contribution in [-0.2, 0) is 4.79 Å². The number of benzene rings is 1. The van der Waals surface area contributed by atoms with Gasteiger partial charge in [-0.05, 0) is 24.6 Å². The van der Waals surface area contributed by atoms with Gasteiger partial charge in [0.15, 0.2) is 4.34 Å². The lowest BCUT2D eigenvalue weighted by Crippen LogP contribution is -2.22. The van der Waals surface area contributed by atoms with Crippen molar-refractivity contribution in [2.45, 2.75) is 11.3 Å². The molecule has 0 saturated carbocycles. The maximum atomic E-state index is 11.7. The van der Waals surface area contributed by atoms with Crippen LogP contribution in [0.2, 0.25) is 0 Å². The molecule has 20 heavy (non-hydrogen) atoms. The molecule has 0 aliphatic heterocycles. The number of anilines is 1. The molecule has 104 valence electrons. The van der Waals surface area contributed by atoms with E-state index in [9.17, 15) is 14.7 Å². The van der Waals surface area contributed by atoms with Crippen LogP contribution < -0.4 is 10.4 Å². The number of aromatic carboxylic acids is 1. The molecule has 0 aliphatic rings. The lowest BCUT2D eigenvalue weighted by molar-refractivity contribution is -0.255. The van der Waals surface area contributed by atoms with Crippen LogP contribution in [0, 0.1) is 6.92 Å². The highest BCUT2D eigenvalue weighted by Crippen LogP contribution is 2.21. The number of carbonyl (C=O) groups excluding carboxylic acids is 2. The van der Waals surface area contributed by atoms with Crippen molar-refractivity contribution in [1.29, 1.82) is 0 Å². The molecule has 1 heterocycles. The molecule has 1 aromatic heterocycles. The second kappa shape index (κ2) is 6.49. The number of nitrogens with one attached hydrogen (secondary N) is 1. The minimum Gasteiger partial charge on any atom is -0.545 e. The van der Waals surface area contributed by atoms with E-state index < -0.39 is 5.97 Å². The van der Waals surface area contributed by atoms with E-state index in [1.54, 1.807) is 12.1 Å². The Labute approximate surface area is 123 Å². The highest BCUT2D eigenvalue weighted by Gasteiger charge is 2.07. The van der Waals surface area contributed by atoms with Crippen molar-refractivity contribution < 1.29 is 14.7 Å². The van der Waals surface area contributed by atoms with Gasteiger partial charge in [0.05, 0.1) is 11.7 Å². The van der Waals surface area contributed by atoms with Crippen molar-refractivity contribution in [3.63, 3.8) is 0 Å². The summed E-state index contributed by atoms with van der Waals surface area (Å²) in [7, 11) is 0. The van der Waals surface area contributed by atoms with E-state index in [-0.39, 0.29) is 17.2 Å². The van der Waals surface area contributed by atoms with Gasteiger partial charge in [-0.3, -0.25) is 4.79 Å². The standard InChI is InChI=1S/C12H11N3O3S2/c1-7-14-15-12(20-7)19-6-10(16)13-9-4-2-3-8(5-9)11(17)18/h2-5H,6H2,1H3,(H,13,16)(H,17,18)/p-1. The Hall–Kier alpha value is -1.93. The first-order valence-corrected chi connectivity index (χ1v) is 7.39. The van der Waals surface area contributed by atoms with Gasteiger partial charge in [0.25, 0.3) is 0 Å². The van der Waals surface area contributed by atoms with Crippen LogP contribution in [0.4, 0.5) is 5.69 Å². The number of hydrogen-bond acceptors (Lipinski definition) is 7. The van der Waals surface area contributed by atoms with Crippen molar-refractivity contribution in [2.75, 3.05) is 11.1 Å². The molecule has 0 atom stereocenters. The molecule has 1 N–H and O–H groups in total. The number of carbonyl (C=O) groups is 2. The van der Waals surface area contributed by atoms with E-state index in [2.05, 4.69) is 15.5 Å². The summed E-state index contributed by atoms with van der Waals surface area (Å²) in [5.74, 6) is -1.33. The van der Waals surface area contributed by atoms with Gasteiger partial charge in [0.1, 0.15) is 5.01 Å². The van der Waals surface area contributed by atoms with Crippen LogP contribution in [-0.4, -0.2) is 27.8 Å². The molecule has 0 fully saturated rings. The van der Waals surface area contributed by atoms with Crippen LogP contribution in [0.5, 0.6) is 0 Å². The molecule has 8 heteroatoms. The molecule has 0 unspecified atom stereocenters. The summed E-state index contributed by atoms with van der Waals surface area (Å²) < 4.78 is 0.723. The van der Waals surface area contributed by atoms with Gasteiger partial charge in [-0.15, -0.1) is 10.2 Å². The molecule has 2 rings (SSSR count). The summed E-state index contributed by atoms with van der Waals surface area (Å²) >= 11 is 2.70. The lowest BCUT2D eigenvalue weighted by Gasteiger charge is -2.07. The summed E-state index contributed by atoms with van der Waals surface area (Å²) in [6.07, 6.45) is 0.